The zero-order valence-corrected chi connectivity index (χ0v) is 13.1. The van der Waals surface area contributed by atoms with Crippen LogP contribution in [0.15, 0.2) is 24.5 Å². The summed E-state index contributed by atoms with van der Waals surface area (Å²) in [7, 11) is 0. The van der Waals surface area contributed by atoms with Crippen LogP contribution in [-0.2, 0) is 4.79 Å². The van der Waals surface area contributed by atoms with Crippen LogP contribution in [0.2, 0.25) is 0 Å². The Morgan fingerprint density at radius 2 is 2.05 bits per heavy atom. The minimum Gasteiger partial charge on any atom is -0.480 e. The quantitative estimate of drug-likeness (QED) is 0.897. The summed E-state index contributed by atoms with van der Waals surface area (Å²) in [5.74, 6) is -0.149. The van der Waals surface area contributed by atoms with Gasteiger partial charge < -0.3 is 10.0 Å². The molecule has 21 heavy (non-hydrogen) atoms. The Labute approximate surface area is 126 Å². The minimum absolute atomic E-state index is 0.228. The van der Waals surface area contributed by atoms with E-state index in [-0.39, 0.29) is 6.04 Å². The summed E-state index contributed by atoms with van der Waals surface area (Å²) in [4.78, 5) is 20.2. The van der Waals surface area contributed by atoms with Gasteiger partial charge in [0.1, 0.15) is 6.04 Å². The van der Waals surface area contributed by atoms with Crippen LogP contribution >= 0.6 is 0 Å². The van der Waals surface area contributed by atoms with Crippen LogP contribution in [0.1, 0.15) is 32.4 Å². The first-order chi connectivity index (χ1) is 9.99. The van der Waals surface area contributed by atoms with Crippen LogP contribution in [0.5, 0.6) is 0 Å². The molecule has 1 aliphatic rings. The molecule has 5 nitrogen and oxygen atoms in total. The third-order valence-electron chi connectivity index (χ3n) is 3.97. The van der Waals surface area contributed by atoms with Crippen molar-refractivity contribution in [3.05, 3.63) is 30.1 Å². The van der Waals surface area contributed by atoms with Gasteiger partial charge >= 0.3 is 5.97 Å². The first-order valence-corrected chi connectivity index (χ1v) is 7.60. The third kappa shape index (κ3) is 4.02. The van der Waals surface area contributed by atoms with E-state index in [0.29, 0.717) is 5.92 Å². The first kappa shape index (κ1) is 15.9. The number of aliphatic carboxylic acids is 1. The fraction of sp³-hybridized carbons (Fsp3) is 0.625. The highest BCUT2D eigenvalue weighted by Gasteiger charge is 2.34. The zero-order chi connectivity index (χ0) is 15.4. The van der Waals surface area contributed by atoms with E-state index < -0.39 is 12.0 Å². The van der Waals surface area contributed by atoms with Gasteiger partial charge in [-0.1, -0.05) is 13.8 Å². The smallest absolute Gasteiger partial charge is 0.325 e. The summed E-state index contributed by atoms with van der Waals surface area (Å²) in [5, 5.41) is 9.63. The summed E-state index contributed by atoms with van der Waals surface area (Å²) < 4.78 is 0. The number of carboxylic acids is 1. The summed E-state index contributed by atoms with van der Waals surface area (Å²) in [6.07, 6.45) is 3.32. The predicted octanol–water partition coefficient (Wildman–Crippen LogP) is 1.87. The largest absolute Gasteiger partial charge is 0.480 e. The fourth-order valence-electron chi connectivity index (χ4n) is 3.13. The molecule has 1 aromatic rings. The highest BCUT2D eigenvalue weighted by Crippen LogP contribution is 2.25. The monoisotopic (exact) mass is 291 g/mol. The van der Waals surface area contributed by atoms with Crippen LogP contribution < -0.4 is 0 Å². The van der Waals surface area contributed by atoms with Gasteiger partial charge in [-0.15, -0.1) is 0 Å². The van der Waals surface area contributed by atoms with Crippen molar-refractivity contribution in [2.45, 2.75) is 32.9 Å². The Morgan fingerprint density at radius 1 is 1.38 bits per heavy atom. The van der Waals surface area contributed by atoms with Crippen molar-refractivity contribution < 1.29 is 9.90 Å². The van der Waals surface area contributed by atoms with Crippen molar-refractivity contribution in [1.29, 1.82) is 0 Å². The molecule has 1 aliphatic heterocycles. The maximum Gasteiger partial charge on any atom is 0.325 e. The van der Waals surface area contributed by atoms with Crippen LogP contribution in [0, 0.1) is 5.92 Å². The third-order valence-corrected chi connectivity index (χ3v) is 3.97. The number of carbonyl (C=O) groups is 1. The molecular formula is C16H25N3O2. The van der Waals surface area contributed by atoms with Crippen LogP contribution in [0.25, 0.3) is 0 Å². The summed E-state index contributed by atoms with van der Waals surface area (Å²) in [6, 6.07) is 3.24. The number of pyridine rings is 1. The van der Waals surface area contributed by atoms with E-state index in [0.717, 1.165) is 31.7 Å². The molecule has 2 unspecified atom stereocenters. The second kappa shape index (κ2) is 7.00. The Hall–Kier alpha value is -1.46. The molecule has 0 radical (unpaired) electrons. The Bertz CT molecular complexity index is 464. The maximum atomic E-state index is 11.7. The van der Waals surface area contributed by atoms with Crippen molar-refractivity contribution in [2.24, 2.45) is 5.92 Å². The number of hydrogen-bond acceptors (Lipinski definition) is 4. The number of carboxylic acid groups (broad SMARTS) is 1. The topological polar surface area (TPSA) is 56.7 Å². The second-order valence-electron chi connectivity index (χ2n) is 6.26. The molecule has 0 bridgehead atoms. The SMILES string of the molecule is CC(C)CN1CCN(C(C(=O)O)c2ccncc2)C(C)C1. The summed E-state index contributed by atoms with van der Waals surface area (Å²) in [6.45, 7) is 10.3. The van der Waals surface area contributed by atoms with Gasteiger partial charge in [0.05, 0.1) is 0 Å². The van der Waals surface area contributed by atoms with E-state index in [1.54, 1.807) is 24.5 Å². The second-order valence-corrected chi connectivity index (χ2v) is 6.26. The Kier molecular flexibility index (Phi) is 5.31. The van der Waals surface area contributed by atoms with Crippen molar-refractivity contribution in [3.63, 3.8) is 0 Å². The van der Waals surface area contributed by atoms with E-state index in [2.05, 4.69) is 35.6 Å². The molecule has 1 aromatic heterocycles. The molecule has 1 saturated heterocycles. The lowest BCUT2D eigenvalue weighted by Gasteiger charge is -2.43. The number of piperazine rings is 1. The van der Waals surface area contributed by atoms with Gasteiger partial charge in [-0.05, 0) is 30.5 Å². The van der Waals surface area contributed by atoms with Gasteiger partial charge in [0.25, 0.3) is 0 Å². The van der Waals surface area contributed by atoms with Gasteiger partial charge in [0.15, 0.2) is 0 Å². The lowest BCUT2D eigenvalue weighted by atomic mass is 10.0. The standard InChI is InChI=1S/C16H25N3O2/c1-12(2)10-18-8-9-19(13(3)11-18)15(16(20)21)14-4-6-17-7-5-14/h4-7,12-13,15H,8-11H2,1-3H3,(H,20,21). The maximum absolute atomic E-state index is 11.7. The van der Waals surface area contributed by atoms with Crippen molar-refractivity contribution in [3.8, 4) is 0 Å². The average Bonchev–Trinajstić information content (AvgIpc) is 2.42. The molecule has 1 N–H and O–H groups in total. The van der Waals surface area contributed by atoms with E-state index in [9.17, 15) is 9.90 Å². The molecule has 0 saturated carbocycles. The zero-order valence-electron chi connectivity index (χ0n) is 13.1. The van der Waals surface area contributed by atoms with Gasteiger partial charge in [0.2, 0.25) is 0 Å². The minimum atomic E-state index is -0.787. The molecule has 116 valence electrons. The Morgan fingerprint density at radius 3 is 2.57 bits per heavy atom. The molecule has 0 aromatic carbocycles. The number of nitrogens with zero attached hydrogens (tertiary/aromatic N) is 3. The molecule has 0 spiro atoms. The van der Waals surface area contributed by atoms with E-state index in [4.69, 9.17) is 0 Å². The van der Waals surface area contributed by atoms with Crippen LogP contribution in [0.4, 0.5) is 0 Å². The molecule has 0 aliphatic carbocycles. The van der Waals surface area contributed by atoms with Crippen molar-refractivity contribution in [1.82, 2.24) is 14.8 Å². The number of hydrogen-bond donors (Lipinski definition) is 1. The first-order valence-electron chi connectivity index (χ1n) is 7.60. The van der Waals surface area contributed by atoms with E-state index in [1.165, 1.54) is 0 Å². The molecular weight excluding hydrogens is 266 g/mol. The highest BCUT2D eigenvalue weighted by molar-refractivity contribution is 5.75. The van der Waals surface area contributed by atoms with Gasteiger partial charge in [-0.2, -0.15) is 0 Å². The van der Waals surface area contributed by atoms with Gasteiger partial charge in [-0.3, -0.25) is 14.7 Å². The number of aromatic nitrogens is 1. The van der Waals surface area contributed by atoms with Crippen molar-refractivity contribution in [2.75, 3.05) is 26.2 Å². The van der Waals surface area contributed by atoms with Gasteiger partial charge in [0, 0.05) is 44.6 Å². The summed E-state index contributed by atoms with van der Waals surface area (Å²) >= 11 is 0. The number of rotatable bonds is 5. The highest BCUT2D eigenvalue weighted by atomic mass is 16.4. The van der Waals surface area contributed by atoms with E-state index >= 15 is 0 Å². The van der Waals surface area contributed by atoms with Crippen molar-refractivity contribution >= 4 is 5.97 Å². The molecule has 2 atom stereocenters. The normalized spacial score (nSPS) is 22.4. The summed E-state index contributed by atoms with van der Waals surface area (Å²) in [5.41, 5.74) is 0.807. The Balaban J connectivity index is 2.11. The fourth-order valence-corrected chi connectivity index (χ4v) is 3.13. The van der Waals surface area contributed by atoms with Crippen LogP contribution in [0.3, 0.4) is 0 Å². The molecule has 2 heterocycles. The molecule has 5 heteroatoms. The molecule has 0 amide bonds. The lowest BCUT2D eigenvalue weighted by molar-refractivity contribution is -0.145. The van der Waals surface area contributed by atoms with Gasteiger partial charge in [-0.25, -0.2) is 0 Å². The average molecular weight is 291 g/mol. The van der Waals surface area contributed by atoms with E-state index in [1.807, 2.05) is 0 Å². The lowest BCUT2D eigenvalue weighted by Crippen LogP contribution is -2.54. The van der Waals surface area contributed by atoms with Crippen LogP contribution in [-0.4, -0.2) is 58.1 Å². The molecule has 1 fully saturated rings. The molecule has 2 rings (SSSR count). The predicted molar refractivity (Wildman–Crippen MR) is 82.1 cm³/mol.